The summed E-state index contributed by atoms with van der Waals surface area (Å²) >= 11 is 0. The standard InChI is InChI=1S/C14H16N2/c1-3-4-5-6-9-16-14-8-7-13(11-15)12(2)10-14/h1,7-8,10,16H,4-6,9H2,2H3. The molecule has 0 saturated heterocycles. The molecule has 0 heterocycles. The molecule has 0 aliphatic carbocycles. The van der Waals surface area contributed by atoms with Gasteiger partial charge in [0.15, 0.2) is 0 Å². The van der Waals surface area contributed by atoms with Crippen LogP contribution >= 0.6 is 0 Å². The summed E-state index contributed by atoms with van der Waals surface area (Å²) in [6.45, 7) is 2.87. The van der Waals surface area contributed by atoms with Gasteiger partial charge in [-0.3, -0.25) is 0 Å². The Morgan fingerprint density at radius 2 is 2.19 bits per heavy atom. The maximum atomic E-state index is 8.79. The van der Waals surface area contributed by atoms with Crippen LogP contribution in [0.4, 0.5) is 5.69 Å². The summed E-state index contributed by atoms with van der Waals surface area (Å²) in [5.41, 5.74) is 2.81. The fourth-order valence-corrected chi connectivity index (χ4v) is 1.48. The van der Waals surface area contributed by atoms with E-state index in [0.717, 1.165) is 42.6 Å². The van der Waals surface area contributed by atoms with E-state index in [4.69, 9.17) is 11.7 Å². The lowest BCUT2D eigenvalue weighted by Crippen LogP contribution is -2.01. The monoisotopic (exact) mass is 212 g/mol. The highest BCUT2D eigenvalue weighted by Gasteiger charge is 1.98. The van der Waals surface area contributed by atoms with Crippen LogP contribution in [-0.4, -0.2) is 6.54 Å². The zero-order valence-electron chi connectivity index (χ0n) is 9.59. The van der Waals surface area contributed by atoms with Crippen molar-refractivity contribution >= 4 is 5.69 Å². The minimum atomic E-state index is 0.734. The molecule has 1 aromatic carbocycles. The number of benzene rings is 1. The third-order valence-corrected chi connectivity index (χ3v) is 2.42. The summed E-state index contributed by atoms with van der Waals surface area (Å²) in [6.07, 6.45) is 8.14. The highest BCUT2D eigenvalue weighted by Crippen LogP contribution is 2.14. The topological polar surface area (TPSA) is 35.8 Å². The summed E-state index contributed by atoms with van der Waals surface area (Å²) in [6, 6.07) is 7.94. The van der Waals surface area contributed by atoms with Crippen molar-refractivity contribution in [2.75, 3.05) is 11.9 Å². The highest BCUT2D eigenvalue weighted by molar-refractivity contribution is 5.51. The van der Waals surface area contributed by atoms with Crippen molar-refractivity contribution in [3.05, 3.63) is 29.3 Å². The SMILES string of the molecule is C#CCCCCNc1ccc(C#N)c(C)c1. The first-order valence-electron chi connectivity index (χ1n) is 5.46. The van der Waals surface area contributed by atoms with E-state index in [2.05, 4.69) is 17.3 Å². The number of rotatable bonds is 5. The van der Waals surface area contributed by atoms with E-state index in [1.807, 2.05) is 25.1 Å². The minimum Gasteiger partial charge on any atom is -0.385 e. The number of hydrogen-bond donors (Lipinski definition) is 1. The number of terminal acetylenes is 1. The first-order chi connectivity index (χ1) is 7.77. The van der Waals surface area contributed by atoms with Crippen molar-refractivity contribution in [1.82, 2.24) is 0 Å². The lowest BCUT2D eigenvalue weighted by molar-refractivity contribution is 0.789. The van der Waals surface area contributed by atoms with Gasteiger partial charge in [0.25, 0.3) is 0 Å². The summed E-state index contributed by atoms with van der Waals surface area (Å²) in [4.78, 5) is 0. The number of hydrogen-bond acceptors (Lipinski definition) is 2. The van der Waals surface area contributed by atoms with Gasteiger partial charge in [0, 0.05) is 18.7 Å². The summed E-state index contributed by atoms with van der Waals surface area (Å²) in [5.74, 6) is 2.63. The Morgan fingerprint density at radius 1 is 1.38 bits per heavy atom. The van der Waals surface area contributed by atoms with Gasteiger partial charge in [0.2, 0.25) is 0 Å². The van der Waals surface area contributed by atoms with Crippen LogP contribution in [0, 0.1) is 30.6 Å². The fourth-order valence-electron chi connectivity index (χ4n) is 1.48. The lowest BCUT2D eigenvalue weighted by Gasteiger charge is -2.07. The lowest BCUT2D eigenvalue weighted by atomic mass is 10.1. The van der Waals surface area contributed by atoms with E-state index >= 15 is 0 Å². The number of nitrogens with zero attached hydrogens (tertiary/aromatic N) is 1. The third-order valence-electron chi connectivity index (χ3n) is 2.42. The molecule has 0 aliphatic rings. The van der Waals surface area contributed by atoms with Gasteiger partial charge in [-0.2, -0.15) is 5.26 Å². The van der Waals surface area contributed by atoms with Crippen molar-refractivity contribution < 1.29 is 0 Å². The van der Waals surface area contributed by atoms with Crippen LogP contribution in [0.25, 0.3) is 0 Å². The number of anilines is 1. The van der Waals surface area contributed by atoms with Crippen molar-refractivity contribution in [2.45, 2.75) is 26.2 Å². The van der Waals surface area contributed by atoms with Gasteiger partial charge >= 0.3 is 0 Å². The van der Waals surface area contributed by atoms with Crippen LogP contribution in [0.3, 0.4) is 0 Å². The van der Waals surface area contributed by atoms with Crippen LogP contribution < -0.4 is 5.32 Å². The van der Waals surface area contributed by atoms with E-state index in [0.29, 0.717) is 0 Å². The second-order valence-electron chi connectivity index (χ2n) is 3.73. The minimum absolute atomic E-state index is 0.734. The molecule has 1 rings (SSSR count). The van der Waals surface area contributed by atoms with Crippen molar-refractivity contribution in [3.8, 4) is 18.4 Å². The highest BCUT2D eigenvalue weighted by atomic mass is 14.9. The Labute approximate surface area is 97.3 Å². The number of nitriles is 1. The molecule has 16 heavy (non-hydrogen) atoms. The molecule has 0 spiro atoms. The molecule has 0 amide bonds. The van der Waals surface area contributed by atoms with Gasteiger partial charge in [0.05, 0.1) is 11.6 Å². The van der Waals surface area contributed by atoms with Crippen LogP contribution in [0.1, 0.15) is 30.4 Å². The molecule has 0 unspecified atom stereocenters. The average Bonchev–Trinajstić information content (AvgIpc) is 2.29. The number of aryl methyl sites for hydroxylation is 1. The Balaban J connectivity index is 2.41. The van der Waals surface area contributed by atoms with Crippen LogP contribution in [0.5, 0.6) is 0 Å². The van der Waals surface area contributed by atoms with E-state index in [9.17, 15) is 0 Å². The number of unbranched alkanes of at least 4 members (excludes halogenated alkanes) is 2. The fraction of sp³-hybridized carbons (Fsp3) is 0.357. The summed E-state index contributed by atoms with van der Waals surface area (Å²) in [7, 11) is 0. The predicted octanol–water partition coefficient (Wildman–Crippen LogP) is 3.08. The zero-order chi connectivity index (χ0) is 11.8. The average molecular weight is 212 g/mol. The molecule has 0 fully saturated rings. The maximum absolute atomic E-state index is 8.79. The molecule has 1 N–H and O–H groups in total. The first kappa shape index (κ1) is 12.1. The zero-order valence-corrected chi connectivity index (χ0v) is 9.59. The molecule has 0 bridgehead atoms. The van der Waals surface area contributed by atoms with Gasteiger partial charge in [-0.1, -0.05) is 0 Å². The van der Waals surface area contributed by atoms with Gasteiger partial charge < -0.3 is 5.32 Å². The molecule has 0 saturated carbocycles. The van der Waals surface area contributed by atoms with Gasteiger partial charge in [0.1, 0.15) is 0 Å². The molecule has 0 atom stereocenters. The van der Waals surface area contributed by atoms with Crippen LogP contribution in [-0.2, 0) is 0 Å². The molecule has 2 nitrogen and oxygen atoms in total. The van der Waals surface area contributed by atoms with Crippen LogP contribution in [0.15, 0.2) is 18.2 Å². The molecular formula is C14H16N2. The van der Waals surface area contributed by atoms with Crippen molar-refractivity contribution in [1.29, 1.82) is 5.26 Å². The van der Waals surface area contributed by atoms with Gasteiger partial charge in [-0.05, 0) is 43.5 Å². The quantitative estimate of drug-likeness (QED) is 0.601. The molecule has 0 aromatic heterocycles. The van der Waals surface area contributed by atoms with E-state index in [1.54, 1.807) is 0 Å². The molecular weight excluding hydrogens is 196 g/mol. The Hall–Kier alpha value is -1.93. The Morgan fingerprint density at radius 3 is 2.81 bits per heavy atom. The molecule has 1 aromatic rings. The molecule has 82 valence electrons. The Bertz CT molecular complexity index is 421. The van der Waals surface area contributed by atoms with Crippen molar-refractivity contribution in [3.63, 3.8) is 0 Å². The van der Waals surface area contributed by atoms with E-state index in [1.165, 1.54) is 0 Å². The summed E-state index contributed by atoms with van der Waals surface area (Å²) in [5, 5.41) is 12.1. The maximum Gasteiger partial charge on any atom is 0.0994 e. The first-order valence-corrected chi connectivity index (χ1v) is 5.46. The molecule has 0 radical (unpaired) electrons. The largest absolute Gasteiger partial charge is 0.385 e. The second-order valence-corrected chi connectivity index (χ2v) is 3.73. The third kappa shape index (κ3) is 3.67. The normalized spacial score (nSPS) is 9.19. The van der Waals surface area contributed by atoms with Crippen molar-refractivity contribution in [2.24, 2.45) is 0 Å². The number of nitrogens with one attached hydrogen (secondary N) is 1. The second kappa shape index (κ2) is 6.53. The van der Waals surface area contributed by atoms with E-state index < -0.39 is 0 Å². The Kier molecular flexibility index (Phi) is 4.96. The molecule has 2 heteroatoms. The smallest absolute Gasteiger partial charge is 0.0994 e. The van der Waals surface area contributed by atoms with Crippen LogP contribution in [0.2, 0.25) is 0 Å². The predicted molar refractivity (Wildman–Crippen MR) is 67.1 cm³/mol. The molecule has 0 aliphatic heterocycles. The van der Waals surface area contributed by atoms with Gasteiger partial charge in [-0.15, -0.1) is 12.3 Å². The summed E-state index contributed by atoms with van der Waals surface area (Å²) < 4.78 is 0. The van der Waals surface area contributed by atoms with E-state index in [-0.39, 0.29) is 0 Å². The van der Waals surface area contributed by atoms with Gasteiger partial charge in [-0.25, -0.2) is 0 Å².